The Bertz CT molecular complexity index is 1040. The summed E-state index contributed by atoms with van der Waals surface area (Å²) in [5.74, 6) is 2.61. The molecule has 0 spiro atoms. The molecule has 8 heteroatoms. The summed E-state index contributed by atoms with van der Waals surface area (Å²) in [4.78, 5) is 28.5. The number of oxime groups is 1. The first-order valence-electron chi connectivity index (χ1n) is 13.5. The van der Waals surface area contributed by atoms with Gasteiger partial charge in [-0.15, -0.1) is 6.42 Å². The first kappa shape index (κ1) is 27.7. The number of aliphatic carboxylic acids is 1. The Morgan fingerprint density at radius 1 is 1.22 bits per heavy atom. The minimum Gasteiger partial charge on any atom is -0.479 e. The maximum Gasteiger partial charge on any atom is 0.333 e. The highest BCUT2D eigenvalue weighted by molar-refractivity contribution is 5.96. The SMILES string of the molecule is C#C[C@@]1(O)CC[C@H]2[C@@H]3CCC4=C/C(=N/OCC(=O)NCC(C)(C)[C@@H](O)C(=O)O)CC[C@]4(C)[C@H]3CC[C@@]21C. The lowest BCUT2D eigenvalue weighted by molar-refractivity contribution is -0.153. The molecule has 3 saturated carbocycles. The van der Waals surface area contributed by atoms with Gasteiger partial charge < -0.3 is 25.5 Å². The number of terminal acetylenes is 1. The zero-order valence-corrected chi connectivity index (χ0v) is 22.5. The van der Waals surface area contributed by atoms with Crippen molar-refractivity contribution in [3.63, 3.8) is 0 Å². The second kappa shape index (κ2) is 9.74. The lowest BCUT2D eigenvalue weighted by Gasteiger charge is -2.58. The number of amides is 1. The van der Waals surface area contributed by atoms with Gasteiger partial charge in [-0.3, -0.25) is 4.79 Å². The highest BCUT2D eigenvalue weighted by atomic mass is 16.6. The van der Waals surface area contributed by atoms with Crippen molar-refractivity contribution in [1.29, 1.82) is 0 Å². The Balaban J connectivity index is 1.36. The number of fused-ring (bicyclic) bond motifs is 5. The number of hydrogen-bond acceptors (Lipinski definition) is 6. The van der Waals surface area contributed by atoms with Crippen LogP contribution >= 0.6 is 0 Å². The Morgan fingerprint density at radius 3 is 2.59 bits per heavy atom. The van der Waals surface area contributed by atoms with Gasteiger partial charge in [0.1, 0.15) is 5.60 Å². The Labute approximate surface area is 219 Å². The van der Waals surface area contributed by atoms with E-state index in [1.165, 1.54) is 5.57 Å². The second-order valence-corrected chi connectivity index (χ2v) is 12.9. The van der Waals surface area contributed by atoms with Crippen LogP contribution in [0.25, 0.3) is 0 Å². The Hall–Kier alpha value is -2.37. The number of allylic oxidation sites excluding steroid dienone is 2. The number of aliphatic hydroxyl groups is 2. The number of aliphatic hydroxyl groups excluding tert-OH is 1. The predicted octanol–water partition coefficient (Wildman–Crippen LogP) is 3.27. The standard InChI is InChI=1S/C29H42N2O6/c1-6-29(36)14-11-22-20-8-7-18-15-19(9-12-27(18,4)21(20)10-13-28(22,29)5)31-37-16-23(32)30-17-26(2,3)24(33)25(34)35/h1,15,20-22,24,33,36H,7-14,16-17H2,2-5H3,(H,30,32)(H,34,35)/b31-19+/t20-,21+,22+,24+,27+,28+,29-/m1/s1. The summed E-state index contributed by atoms with van der Waals surface area (Å²) in [6, 6.07) is 0. The molecule has 37 heavy (non-hydrogen) atoms. The van der Waals surface area contributed by atoms with Gasteiger partial charge in [-0.25, -0.2) is 4.79 Å². The highest BCUT2D eigenvalue weighted by Gasteiger charge is 2.63. The summed E-state index contributed by atoms with van der Waals surface area (Å²) >= 11 is 0. The maximum absolute atomic E-state index is 12.2. The molecular formula is C29H42N2O6. The molecule has 7 atom stereocenters. The summed E-state index contributed by atoms with van der Waals surface area (Å²) in [6.45, 7) is 7.47. The molecule has 1 amide bonds. The highest BCUT2D eigenvalue weighted by Crippen LogP contribution is 2.67. The molecule has 0 heterocycles. The quantitative estimate of drug-likeness (QED) is 0.305. The fourth-order valence-electron chi connectivity index (χ4n) is 7.88. The first-order chi connectivity index (χ1) is 17.3. The topological polar surface area (TPSA) is 128 Å². The molecule has 0 unspecified atom stereocenters. The van der Waals surface area contributed by atoms with Crippen molar-refractivity contribution < 1.29 is 29.7 Å². The molecule has 4 aliphatic carbocycles. The molecule has 0 aromatic heterocycles. The molecule has 0 aromatic rings. The Morgan fingerprint density at radius 2 is 1.92 bits per heavy atom. The van der Waals surface area contributed by atoms with Crippen LogP contribution in [0.15, 0.2) is 16.8 Å². The van der Waals surface area contributed by atoms with E-state index >= 15 is 0 Å². The molecule has 3 fully saturated rings. The predicted molar refractivity (Wildman–Crippen MR) is 139 cm³/mol. The van der Waals surface area contributed by atoms with Crippen molar-refractivity contribution in [2.24, 2.45) is 39.2 Å². The fraction of sp³-hybridized carbons (Fsp3) is 0.759. The van der Waals surface area contributed by atoms with Crippen LogP contribution in [0.3, 0.4) is 0 Å². The van der Waals surface area contributed by atoms with E-state index in [4.69, 9.17) is 16.4 Å². The minimum atomic E-state index is -1.58. The van der Waals surface area contributed by atoms with E-state index in [2.05, 4.69) is 36.3 Å². The molecule has 0 aromatic carbocycles. The van der Waals surface area contributed by atoms with Gasteiger partial charge >= 0.3 is 5.97 Å². The summed E-state index contributed by atoms with van der Waals surface area (Å²) in [5, 5.41) is 36.8. The van der Waals surface area contributed by atoms with Crippen LogP contribution in [0.5, 0.6) is 0 Å². The van der Waals surface area contributed by atoms with Gasteiger partial charge in [-0.1, -0.05) is 44.3 Å². The summed E-state index contributed by atoms with van der Waals surface area (Å²) in [6.07, 6.45) is 14.0. The average molecular weight is 515 g/mol. The molecule has 4 N–H and O–H groups in total. The van der Waals surface area contributed by atoms with Crippen molar-refractivity contribution in [2.75, 3.05) is 13.2 Å². The van der Waals surface area contributed by atoms with Gasteiger partial charge in [-0.05, 0) is 80.6 Å². The van der Waals surface area contributed by atoms with Gasteiger partial charge in [0.25, 0.3) is 5.91 Å². The van der Waals surface area contributed by atoms with E-state index in [-0.39, 0.29) is 24.0 Å². The summed E-state index contributed by atoms with van der Waals surface area (Å²) in [5.41, 5.74) is 0.152. The van der Waals surface area contributed by atoms with Gasteiger partial charge in [0.15, 0.2) is 12.7 Å². The molecule has 0 bridgehead atoms. The van der Waals surface area contributed by atoms with Crippen molar-refractivity contribution in [3.8, 4) is 12.3 Å². The fourth-order valence-corrected chi connectivity index (χ4v) is 7.88. The molecule has 0 aliphatic heterocycles. The van der Waals surface area contributed by atoms with E-state index < -0.39 is 29.0 Å². The Kier molecular flexibility index (Phi) is 7.28. The number of carbonyl (C=O) groups is 2. The van der Waals surface area contributed by atoms with Gasteiger partial charge in [0.2, 0.25) is 0 Å². The van der Waals surface area contributed by atoms with Crippen LogP contribution < -0.4 is 5.32 Å². The van der Waals surface area contributed by atoms with E-state index in [0.29, 0.717) is 24.2 Å². The van der Waals surface area contributed by atoms with Crippen molar-refractivity contribution in [2.45, 2.75) is 90.8 Å². The monoisotopic (exact) mass is 514 g/mol. The van der Waals surface area contributed by atoms with Crippen LogP contribution in [-0.4, -0.2) is 57.8 Å². The molecule has 4 aliphatic rings. The molecule has 8 nitrogen and oxygen atoms in total. The van der Waals surface area contributed by atoms with Crippen molar-refractivity contribution in [1.82, 2.24) is 5.32 Å². The number of hydrogen-bond donors (Lipinski definition) is 4. The normalized spacial score (nSPS) is 38.9. The zero-order chi connectivity index (χ0) is 27.2. The molecular weight excluding hydrogens is 472 g/mol. The zero-order valence-electron chi connectivity index (χ0n) is 22.5. The largest absolute Gasteiger partial charge is 0.479 e. The smallest absolute Gasteiger partial charge is 0.333 e. The van der Waals surface area contributed by atoms with Gasteiger partial charge in [0.05, 0.1) is 5.71 Å². The van der Waals surface area contributed by atoms with Crippen molar-refractivity contribution >= 4 is 17.6 Å². The molecule has 4 rings (SSSR count). The molecule has 0 saturated heterocycles. The second-order valence-electron chi connectivity index (χ2n) is 12.9. The van der Waals surface area contributed by atoms with E-state index in [9.17, 15) is 19.8 Å². The lowest BCUT2D eigenvalue weighted by atomic mass is 9.46. The number of rotatable bonds is 7. The third-order valence-electron chi connectivity index (χ3n) is 10.5. The van der Waals surface area contributed by atoms with Crippen LogP contribution in [0.2, 0.25) is 0 Å². The number of nitrogens with zero attached hydrogens (tertiary/aromatic N) is 1. The lowest BCUT2D eigenvalue weighted by Crippen LogP contribution is -2.54. The number of nitrogens with one attached hydrogen (secondary N) is 1. The summed E-state index contributed by atoms with van der Waals surface area (Å²) < 4.78 is 0. The minimum absolute atomic E-state index is 0.00295. The van der Waals surface area contributed by atoms with Gasteiger partial charge in [-0.2, -0.15) is 0 Å². The number of carboxylic acids is 1. The third kappa shape index (κ3) is 4.70. The van der Waals surface area contributed by atoms with E-state index in [1.54, 1.807) is 13.8 Å². The average Bonchev–Trinajstić information content (AvgIpc) is 3.13. The maximum atomic E-state index is 12.2. The van der Waals surface area contributed by atoms with Crippen molar-refractivity contribution in [3.05, 3.63) is 11.6 Å². The number of carbonyl (C=O) groups excluding carboxylic acids is 1. The van der Waals surface area contributed by atoms with Crippen LogP contribution in [0.4, 0.5) is 0 Å². The number of carboxylic acid groups (broad SMARTS) is 1. The van der Waals surface area contributed by atoms with Crippen LogP contribution in [0.1, 0.15) is 79.1 Å². The van der Waals surface area contributed by atoms with Crippen LogP contribution in [-0.2, 0) is 14.4 Å². The van der Waals surface area contributed by atoms with E-state index in [0.717, 1.165) is 50.7 Å². The molecule has 0 radical (unpaired) electrons. The third-order valence-corrected chi connectivity index (χ3v) is 10.5. The van der Waals surface area contributed by atoms with Gasteiger partial charge in [0, 0.05) is 17.4 Å². The van der Waals surface area contributed by atoms with E-state index in [1.807, 2.05) is 0 Å². The molecule has 204 valence electrons. The summed E-state index contributed by atoms with van der Waals surface area (Å²) in [7, 11) is 0. The van der Waals surface area contributed by atoms with Crippen LogP contribution in [0, 0.1) is 46.3 Å². The first-order valence-corrected chi connectivity index (χ1v) is 13.5.